The summed E-state index contributed by atoms with van der Waals surface area (Å²) in [6.07, 6.45) is 4.09. The zero-order chi connectivity index (χ0) is 27.9. The third-order valence-corrected chi connectivity index (χ3v) is 6.38. The second-order valence-electron chi connectivity index (χ2n) is 9.14. The molecule has 0 bridgehead atoms. The number of allylic oxidation sites excluding steroid dienone is 1. The van der Waals surface area contributed by atoms with Crippen molar-refractivity contribution in [1.29, 1.82) is 0 Å². The predicted molar refractivity (Wildman–Crippen MR) is 157 cm³/mol. The normalized spacial score (nSPS) is 13.8. The number of benzene rings is 4. The van der Waals surface area contributed by atoms with E-state index in [-0.39, 0.29) is 18.3 Å². The number of hydrogen-bond donors (Lipinski definition) is 0. The molecule has 6 heteroatoms. The lowest BCUT2D eigenvalue weighted by molar-refractivity contribution is -0.114. The molecule has 1 amide bonds. The van der Waals surface area contributed by atoms with Gasteiger partial charge in [-0.05, 0) is 55.3 Å². The van der Waals surface area contributed by atoms with Crippen molar-refractivity contribution in [2.75, 3.05) is 11.6 Å². The van der Waals surface area contributed by atoms with Crippen LogP contribution in [-0.4, -0.2) is 18.2 Å². The van der Waals surface area contributed by atoms with E-state index in [0.717, 1.165) is 16.7 Å². The molecule has 5 rings (SSSR count). The highest BCUT2D eigenvalue weighted by atomic mass is 19.1. The Labute approximate surface area is 233 Å². The van der Waals surface area contributed by atoms with E-state index in [0.29, 0.717) is 47.1 Å². The molecule has 0 spiro atoms. The number of ether oxygens (including phenoxy) is 2. The largest absolute Gasteiger partial charge is 0.490 e. The van der Waals surface area contributed by atoms with Crippen LogP contribution in [0.4, 0.5) is 10.1 Å². The van der Waals surface area contributed by atoms with Crippen LogP contribution in [0.2, 0.25) is 0 Å². The molecule has 0 unspecified atom stereocenters. The molecule has 0 atom stereocenters. The highest BCUT2D eigenvalue weighted by molar-refractivity contribution is 6.37. The molecule has 1 aliphatic heterocycles. The summed E-state index contributed by atoms with van der Waals surface area (Å²) in [7, 11) is 0. The number of halogens is 1. The van der Waals surface area contributed by atoms with Gasteiger partial charge in [-0.1, -0.05) is 72.8 Å². The Hall–Kier alpha value is -4.97. The van der Waals surface area contributed by atoms with Crippen molar-refractivity contribution in [3.63, 3.8) is 0 Å². The molecular formula is C34H29FN2O3. The van der Waals surface area contributed by atoms with E-state index >= 15 is 0 Å². The van der Waals surface area contributed by atoms with Crippen LogP contribution in [0.5, 0.6) is 11.5 Å². The molecular weight excluding hydrogens is 503 g/mol. The fourth-order valence-corrected chi connectivity index (χ4v) is 4.53. The number of anilines is 1. The first-order chi connectivity index (χ1) is 19.6. The fourth-order valence-electron chi connectivity index (χ4n) is 4.53. The molecule has 0 saturated carbocycles. The molecule has 0 aliphatic carbocycles. The average Bonchev–Trinajstić information content (AvgIpc) is 3.30. The van der Waals surface area contributed by atoms with Gasteiger partial charge in [-0.2, -0.15) is 10.1 Å². The minimum Gasteiger partial charge on any atom is -0.490 e. The first-order valence-corrected chi connectivity index (χ1v) is 13.1. The van der Waals surface area contributed by atoms with Crippen molar-refractivity contribution < 1.29 is 18.7 Å². The Bertz CT molecular complexity index is 1580. The van der Waals surface area contributed by atoms with Crippen molar-refractivity contribution in [3.8, 4) is 11.5 Å². The quantitative estimate of drug-likeness (QED) is 0.158. The van der Waals surface area contributed by atoms with Gasteiger partial charge in [0.15, 0.2) is 11.5 Å². The highest BCUT2D eigenvalue weighted by Gasteiger charge is 2.32. The van der Waals surface area contributed by atoms with Gasteiger partial charge < -0.3 is 9.47 Å². The summed E-state index contributed by atoms with van der Waals surface area (Å²) in [5.41, 5.74) is 4.57. The maximum absolute atomic E-state index is 14.3. The first-order valence-electron chi connectivity index (χ1n) is 13.1. The maximum Gasteiger partial charge on any atom is 0.281 e. The average molecular weight is 533 g/mol. The molecule has 0 N–H and O–H groups in total. The molecule has 40 heavy (non-hydrogen) atoms. The van der Waals surface area contributed by atoms with Gasteiger partial charge in [0.1, 0.15) is 18.1 Å². The molecule has 1 heterocycles. The summed E-state index contributed by atoms with van der Waals surface area (Å²) >= 11 is 0. The van der Waals surface area contributed by atoms with Crippen molar-refractivity contribution in [3.05, 3.63) is 143 Å². The SMILES string of the molecule is C=CCc1cc(/C=C2\C(=O)N(c3ccccc3)N=C2c2ccccc2)cc(OCC)c1OCc1ccccc1F. The molecule has 4 aromatic rings. The Morgan fingerprint density at radius 3 is 2.30 bits per heavy atom. The number of rotatable bonds is 10. The summed E-state index contributed by atoms with van der Waals surface area (Å²) < 4.78 is 26.4. The van der Waals surface area contributed by atoms with Crippen LogP contribution in [0.3, 0.4) is 0 Å². The van der Waals surface area contributed by atoms with Gasteiger partial charge in [-0.3, -0.25) is 4.79 Å². The predicted octanol–water partition coefficient (Wildman–Crippen LogP) is 7.37. The molecule has 0 radical (unpaired) electrons. The number of para-hydroxylation sites is 1. The van der Waals surface area contributed by atoms with Crippen molar-refractivity contribution in [2.45, 2.75) is 20.0 Å². The van der Waals surface area contributed by atoms with Crippen LogP contribution < -0.4 is 14.5 Å². The second-order valence-corrected chi connectivity index (χ2v) is 9.14. The van der Waals surface area contributed by atoms with E-state index in [2.05, 4.69) is 6.58 Å². The van der Waals surface area contributed by atoms with E-state index < -0.39 is 0 Å². The fraction of sp³-hybridized carbons (Fsp3) is 0.118. The first kappa shape index (κ1) is 26.6. The summed E-state index contributed by atoms with van der Waals surface area (Å²) in [6.45, 7) is 6.23. The summed E-state index contributed by atoms with van der Waals surface area (Å²) in [6, 6.07) is 29.3. The Morgan fingerprint density at radius 1 is 0.900 bits per heavy atom. The van der Waals surface area contributed by atoms with Crippen LogP contribution in [0.25, 0.3) is 6.08 Å². The Balaban J connectivity index is 1.57. The minimum atomic E-state index is -0.331. The smallest absolute Gasteiger partial charge is 0.281 e. The van der Waals surface area contributed by atoms with Crippen LogP contribution in [-0.2, 0) is 17.8 Å². The van der Waals surface area contributed by atoms with E-state index in [4.69, 9.17) is 14.6 Å². The summed E-state index contributed by atoms with van der Waals surface area (Å²) in [5, 5.41) is 6.14. The topological polar surface area (TPSA) is 51.1 Å². The van der Waals surface area contributed by atoms with E-state index in [1.54, 1.807) is 24.3 Å². The Morgan fingerprint density at radius 2 is 1.60 bits per heavy atom. The standard InChI is InChI=1S/C34H29FN2O3/c1-3-13-26-20-24(22-31(39-4-2)33(26)40-23-27-16-11-12-19-30(27)35)21-29-32(25-14-7-5-8-15-25)36-37(34(29)38)28-17-9-6-10-18-28/h3,5-12,14-22H,1,4,13,23H2,2H3/b29-21-. The monoisotopic (exact) mass is 532 g/mol. The lowest BCUT2D eigenvalue weighted by Gasteiger charge is -2.17. The van der Waals surface area contributed by atoms with Crippen molar-refractivity contribution in [2.24, 2.45) is 5.10 Å². The van der Waals surface area contributed by atoms with Gasteiger partial charge in [0, 0.05) is 16.7 Å². The molecule has 0 fully saturated rings. The number of nitrogens with zero attached hydrogens (tertiary/aromatic N) is 2. The summed E-state index contributed by atoms with van der Waals surface area (Å²) in [4.78, 5) is 13.7. The minimum absolute atomic E-state index is 0.0483. The summed E-state index contributed by atoms with van der Waals surface area (Å²) in [5.74, 6) is 0.469. The van der Waals surface area contributed by atoms with Crippen LogP contribution >= 0.6 is 0 Å². The van der Waals surface area contributed by atoms with Gasteiger partial charge in [0.25, 0.3) is 5.91 Å². The highest BCUT2D eigenvalue weighted by Crippen LogP contribution is 2.36. The van der Waals surface area contributed by atoms with Crippen LogP contribution in [0, 0.1) is 5.82 Å². The molecule has 5 nitrogen and oxygen atoms in total. The molecule has 200 valence electrons. The zero-order valence-corrected chi connectivity index (χ0v) is 22.2. The number of hydrogen-bond acceptors (Lipinski definition) is 4. The number of hydrazone groups is 1. The number of carbonyl (C=O) groups is 1. The Kier molecular flexibility index (Phi) is 8.16. The zero-order valence-electron chi connectivity index (χ0n) is 22.2. The van der Waals surface area contributed by atoms with E-state index in [1.165, 1.54) is 11.1 Å². The number of carbonyl (C=O) groups excluding carboxylic acids is 1. The van der Waals surface area contributed by atoms with E-state index in [1.807, 2.05) is 85.8 Å². The molecule has 1 aliphatic rings. The third kappa shape index (κ3) is 5.71. The lowest BCUT2D eigenvalue weighted by Crippen LogP contribution is -2.21. The second kappa shape index (κ2) is 12.3. The van der Waals surface area contributed by atoms with Gasteiger partial charge in [-0.25, -0.2) is 4.39 Å². The molecule has 0 aromatic heterocycles. The van der Waals surface area contributed by atoms with Gasteiger partial charge >= 0.3 is 0 Å². The van der Waals surface area contributed by atoms with Crippen LogP contribution in [0.1, 0.15) is 29.2 Å². The maximum atomic E-state index is 14.3. The van der Waals surface area contributed by atoms with Gasteiger partial charge in [0.05, 0.1) is 17.9 Å². The van der Waals surface area contributed by atoms with Crippen LogP contribution in [0.15, 0.2) is 120 Å². The number of amides is 1. The molecule has 4 aromatic carbocycles. The molecule has 0 saturated heterocycles. The van der Waals surface area contributed by atoms with E-state index in [9.17, 15) is 9.18 Å². The van der Waals surface area contributed by atoms with Gasteiger partial charge in [-0.15, -0.1) is 6.58 Å². The van der Waals surface area contributed by atoms with Gasteiger partial charge in [0.2, 0.25) is 0 Å². The third-order valence-electron chi connectivity index (χ3n) is 6.38. The van der Waals surface area contributed by atoms with Crippen molar-refractivity contribution >= 4 is 23.4 Å². The lowest BCUT2D eigenvalue weighted by atomic mass is 9.98. The van der Waals surface area contributed by atoms with Crippen molar-refractivity contribution in [1.82, 2.24) is 0 Å².